The molecular weight excluding hydrogens is 564 g/mol. The number of hydrazone groups is 1. The Morgan fingerprint density at radius 2 is 1.95 bits per heavy atom. The molecule has 2 unspecified atom stereocenters. The number of thioether (sulfide) groups is 1. The van der Waals surface area contributed by atoms with Crippen LogP contribution in [0.15, 0.2) is 29.6 Å². The van der Waals surface area contributed by atoms with Gasteiger partial charge >= 0.3 is 0 Å². The summed E-state index contributed by atoms with van der Waals surface area (Å²) in [6.07, 6.45) is 3.66. The highest BCUT2D eigenvalue weighted by molar-refractivity contribution is 8.15. The fraction of sp³-hybridized carbons (Fsp3) is 0.483. The number of pyridine rings is 2. The van der Waals surface area contributed by atoms with Crippen molar-refractivity contribution in [3.05, 3.63) is 35.8 Å². The number of carbonyl (C=O) groups excluding carboxylic acids is 2. The smallest absolute Gasteiger partial charge is 0.280 e. The Kier molecular flexibility index (Phi) is 9.23. The summed E-state index contributed by atoms with van der Waals surface area (Å²) in [7, 11) is 1.40. The number of ether oxygens (including phenoxy) is 1. The van der Waals surface area contributed by atoms with Gasteiger partial charge in [0.15, 0.2) is 10.5 Å². The number of aromatic nitrogens is 2. The van der Waals surface area contributed by atoms with Crippen molar-refractivity contribution in [1.82, 2.24) is 25.6 Å². The topological polar surface area (TPSA) is 112 Å². The molecule has 42 heavy (non-hydrogen) atoms. The second-order valence-electron chi connectivity index (χ2n) is 9.94. The number of hydrogen-bond donors (Lipinski definition) is 2. The summed E-state index contributed by atoms with van der Waals surface area (Å²) in [5.41, 5.74) is 2.48. The summed E-state index contributed by atoms with van der Waals surface area (Å²) in [5, 5.41) is 7.61. The predicted octanol–water partition coefficient (Wildman–Crippen LogP) is 4.00. The second-order valence-corrected chi connectivity index (χ2v) is 11.0. The molecule has 0 bridgehead atoms. The van der Waals surface area contributed by atoms with Gasteiger partial charge in [-0.15, -0.1) is 0 Å². The number of methoxy groups -OCH3 is 1. The molecule has 3 aliphatic heterocycles. The Bertz CT molecular complexity index is 1440. The van der Waals surface area contributed by atoms with Crippen LogP contribution in [0.2, 0.25) is 0 Å². The van der Waals surface area contributed by atoms with Crippen molar-refractivity contribution in [2.75, 3.05) is 31.6 Å². The number of nitrogens with zero attached hydrogens (tertiary/aromatic N) is 5. The van der Waals surface area contributed by atoms with Gasteiger partial charge in [0.05, 0.1) is 24.9 Å². The van der Waals surface area contributed by atoms with Crippen LogP contribution in [0.5, 0.6) is 5.75 Å². The average molecular weight is 598 g/mol. The second kappa shape index (κ2) is 13.0. The minimum Gasteiger partial charge on any atom is -0.494 e. The van der Waals surface area contributed by atoms with Crippen molar-refractivity contribution in [3.8, 4) is 28.7 Å². The number of hydrogen-bond acceptors (Lipinski definition) is 9. The maximum Gasteiger partial charge on any atom is 0.280 e. The summed E-state index contributed by atoms with van der Waals surface area (Å²) >= 11 is 1.28. The van der Waals surface area contributed by atoms with Gasteiger partial charge in [-0.1, -0.05) is 19.8 Å². The summed E-state index contributed by atoms with van der Waals surface area (Å²) in [6.45, 7) is 6.03. The lowest BCUT2D eigenvalue weighted by Gasteiger charge is -2.36. The molecule has 2 atom stereocenters. The van der Waals surface area contributed by atoms with Crippen LogP contribution < -0.4 is 20.4 Å². The van der Waals surface area contributed by atoms with Crippen LogP contribution >= 0.6 is 11.8 Å². The van der Waals surface area contributed by atoms with Crippen molar-refractivity contribution in [2.45, 2.75) is 57.5 Å². The maximum atomic E-state index is 13.6. The zero-order chi connectivity index (χ0) is 29.8. The number of alkyl halides is 2. The molecule has 1 saturated carbocycles. The van der Waals surface area contributed by atoms with Crippen LogP contribution in [-0.4, -0.2) is 70.0 Å². The van der Waals surface area contributed by atoms with E-state index in [0.29, 0.717) is 35.4 Å². The molecule has 5 heterocycles. The molecule has 3 fully saturated rings. The SMILES string of the molecule is CC.COc1cnc(C(F)F)cc1-c1cc(N2CCN3CCCC3C2=O)ncc1C(=O)NC1NN=C(C#CC2CC2)S1. The minimum atomic E-state index is -2.83. The van der Waals surface area contributed by atoms with Gasteiger partial charge in [0.1, 0.15) is 17.3 Å². The average Bonchev–Trinajstić information content (AvgIpc) is 3.52. The lowest BCUT2D eigenvalue weighted by atomic mass is 9.99. The molecule has 0 radical (unpaired) electrons. The molecule has 2 amide bonds. The lowest BCUT2D eigenvalue weighted by molar-refractivity contribution is -0.124. The van der Waals surface area contributed by atoms with E-state index in [1.165, 1.54) is 37.3 Å². The minimum absolute atomic E-state index is 0.0575. The normalized spacial score (nSPS) is 21.4. The van der Waals surface area contributed by atoms with Gasteiger partial charge in [0.2, 0.25) is 5.91 Å². The molecule has 2 aromatic rings. The Morgan fingerprint density at radius 3 is 2.69 bits per heavy atom. The molecule has 6 rings (SSSR count). The van der Waals surface area contributed by atoms with E-state index in [-0.39, 0.29) is 28.8 Å². The predicted molar refractivity (Wildman–Crippen MR) is 157 cm³/mol. The first kappa shape index (κ1) is 29.7. The first-order valence-corrected chi connectivity index (χ1v) is 15.0. The molecular formula is C29H33F2N7O3S. The van der Waals surface area contributed by atoms with Crippen LogP contribution in [-0.2, 0) is 4.79 Å². The van der Waals surface area contributed by atoms with Crippen LogP contribution in [0.4, 0.5) is 14.6 Å². The molecule has 2 N–H and O–H groups in total. The molecule has 0 spiro atoms. The van der Waals surface area contributed by atoms with E-state index in [0.717, 1.165) is 32.2 Å². The molecule has 4 aliphatic rings. The van der Waals surface area contributed by atoms with Gasteiger partial charge in [-0.3, -0.25) is 29.8 Å². The zero-order valence-electron chi connectivity index (χ0n) is 23.7. The monoisotopic (exact) mass is 597 g/mol. The third kappa shape index (κ3) is 6.34. The molecule has 0 aromatic carbocycles. The Hall–Kier alpha value is -3.76. The fourth-order valence-electron chi connectivity index (χ4n) is 5.06. The van der Waals surface area contributed by atoms with E-state index in [1.807, 2.05) is 13.8 Å². The van der Waals surface area contributed by atoms with Crippen molar-refractivity contribution >= 4 is 34.4 Å². The van der Waals surface area contributed by atoms with Gasteiger partial charge < -0.3 is 10.1 Å². The lowest BCUT2D eigenvalue weighted by Crippen LogP contribution is -2.54. The van der Waals surface area contributed by atoms with Crippen molar-refractivity contribution in [3.63, 3.8) is 0 Å². The van der Waals surface area contributed by atoms with Crippen LogP contribution in [0.3, 0.4) is 0 Å². The fourth-order valence-corrected chi connectivity index (χ4v) is 5.77. The molecule has 10 nitrogen and oxygen atoms in total. The Morgan fingerprint density at radius 1 is 1.14 bits per heavy atom. The van der Waals surface area contributed by atoms with Gasteiger partial charge in [-0.25, -0.2) is 13.8 Å². The number of halogens is 2. The van der Waals surface area contributed by atoms with Gasteiger partial charge in [0.25, 0.3) is 12.3 Å². The van der Waals surface area contributed by atoms with E-state index >= 15 is 0 Å². The van der Waals surface area contributed by atoms with E-state index in [9.17, 15) is 18.4 Å². The number of anilines is 1. The Balaban J connectivity index is 0.00000173. The first-order chi connectivity index (χ1) is 20.4. The number of fused-ring (bicyclic) bond motifs is 1. The molecule has 13 heteroatoms. The van der Waals surface area contributed by atoms with Gasteiger partial charge in [0, 0.05) is 36.3 Å². The maximum absolute atomic E-state index is 13.6. The number of carbonyl (C=O) groups is 2. The number of nitrogens with one attached hydrogen (secondary N) is 2. The molecule has 1 aliphatic carbocycles. The van der Waals surface area contributed by atoms with Crippen molar-refractivity contribution in [2.24, 2.45) is 11.0 Å². The highest BCUT2D eigenvalue weighted by atomic mass is 32.2. The third-order valence-corrected chi connectivity index (χ3v) is 8.17. The van der Waals surface area contributed by atoms with Gasteiger partial charge in [-0.2, -0.15) is 5.10 Å². The Labute approximate surface area is 247 Å². The van der Waals surface area contributed by atoms with E-state index in [4.69, 9.17) is 4.74 Å². The summed E-state index contributed by atoms with van der Waals surface area (Å²) in [5.74, 6) is 6.56. The molecule has 222 valence electrons. The quantitative estimate of drug-likeness (QED) is 0.481. The van der Waals surface area contributed by atoms with Crippen LogP contribution in [0, 0.1) is 17.8 Å². The summed E-state index contributed by atoms with van der Waals surface area (Å²) in [6, 6.07) is 2.58. The number of piperazine rings is 1. The number of rotatable bonds is 6. The largest absolute Gasteiger partial charge is 0.494 e. The molecule has 2 aromatic heterocycles. The van der Waals surface area contributed by atoms with Crippen molar-refractivity contribution in [1.29, 1.82) is 0 Å². The van der Waals surface area contributed by atoms with Gasteiger partial charge in [-0.05, 0) is 62.0 Å². The summed E-state index contributed by atoms with van der Waals surface area (Å²) in [4.78, 5) is 38.9. The third-order valence-electron chi connectivity index (χ3n) is 7.29. The van der Waals surface area contributed by atoms with E-state index < -0.39 is 23.5 Å². The number of amides is 2. The molecule has 2 saturated heterocycles. The standard InChI is InChI=1S/C27H27F2N7O3S.C2H6/c1-39-21-14-30-19(24(28)29)11-17(21)16-12-22(36-10-9-35-8-2-3-20(35)26(36)38)31-13-18(16)25(37)32-27-34-33-23(40-27)7-6-15-4-5-15;1-2/h11-15,20,24,27,34H,2-5,8-10H2,1H3,(H,32,37);1-2H3. The first-order valence-electron chi connectivity index (χ1n) is 14.1. The van der Waals surface area contributed by atoms with Crippen LogP contribution in [0.25, 0.3) is 11.1 Å². The van der Waals surface area contributed by atoms with Crippen LogP contribution in [0.1, 0.15) is 62.0 Å². The highest BCUT2D eigenvalue weighted by Gasteiger charge is 2.39. The highest BCUT2D eigenvalue weighted by Crippen LogP contribution is 2.37. The van der Waals surface area contributed by atoms with E-state index in [1.54, 1.807) is 11.0 Å². The summed E-state index contributed by atoms with van der Waals surface area (Å²) < 4.78 is 32.7. The van der Waals surface area contributed by atoms with E-state index in [2.05, 4.69) is 42.6 Å². The zero-order valence-corrected chi connectivity index (χ0v) is 24.5. The van der Waals surface area contributed by atoms with Crippen molar-refractivity contribution < 1.29 is 23.1 Å².